The highest BCUT2D eigenvalue weighted by atomic mass is 32.2. The van der Waals surface area contributed by atoms with E-state index in [1.807, 2.05) is 0 Å². The molecule has 22 heteroatoms. The van der Waals surface area contributed by atoms with Gasteiger partial charge in [0, 0.05) is 22.3 Å². The van der Waals surface area contributed by atoms with E-state index in [2.05, 4.69) is 10.6 Å². The number of nitrogens with one attached hydrogen (secondary N) is 2. The van der Waals surface area contributed by atoms with Crippen molar-refractivity contribution < 1.29 is 58.2 Å². The summed E-state index contributed by atoms with van der Waals surface area (Å²) < 4.78 is -2.09. The van der Waals surface area contributed by atoms with Crippen molar-refractivity contribution in [2.45, 2.75) is 103 Å². The first-order chi connectivity index (χ1) is 28.6. The van der Waals surface area contributed by atoms with E-state index in [-0.39, 0.29) is 17.5 Å². The summed E-state index contributed by atoms with van der Waals surface area (Å²) in [5.41, 5.74) is 11.3. The largest absolute Gasteiger partial charge is 0.480 e. The van der Waals surface area contributed by atoms with Crippen LogP contribution in [0.4, 0.5) is 9.59 Å². The summed E-state index contributed by atoms with van der Waals surface area (Å²) in [6.07, 6.45) is -1.59. The minimum absolute atomic E-state index is 0.203. The Morgan fingerprint density at radius 3 is 1.26 bits per heavy atom. The molecule has 61 heavy (non-hydrogen) atoms. The van der Waals surface area contributed by atoms with E-state index in [1.54, 1.807) is 64.1 Å². The van der Waals surface area contributed by atoms with Crippen LogP contribution in [0.1, 0.15) is 70.2 Å². The fourth-order valence-corrected chi connectivity index (χ4v) is 11.7. The van der Waals surface area contributed by atoms with Gasteiger partial charge in [-0.25, -0.2) is 19.2 Å². The van der Waals surface area contributed by atoms with Crippen LogP contribution in [0.15, 0.2) is 60.7 Å². The van der Waals surface area contributed by atoms with Crippen molar-refractivity contribution in [1.29, 1.82) is 0 Å². The van der Waals surface area contributed by atoms with Gasteiger partial charge in [-0.3, -0.25) is 38.6 Å². The van der Waals surface area contributed by atoms with Crippen LogP contribution in [0, 0.1) is 0 Å². The Kier molecular flexibility index (Phi) is 12.2. The van der Waals surface area contributed by atoms with Crippen molar-refractivity contribution in [3.63, 3.8) is 0 Å². The lowest BCUT2D eigenvalue weighted by Gasteiger charge is -2.48. The van der Waals surface area contributed by atoms with E-state index in [0.29, 0.717) is 9.80 Å². The van der Waals surface area contributed by atoms with E-state index in [4.69, 9.17) is 11.5 Å². The maximum Gasteiger partial charge on any atom is 0.327 e. The van der Waals surface area contributed by atoms with Gasteiger partial charge in [-0.2, -0.15) is 0 Å². The first-order valence-corrected chi connectivity index (χ1v) is 20.8. The Balaban J connectivity index is 1.30. The standard InChI is InChI=1S/C39H44N8O12S2/c1-38(2)26(34(54)55)46-30(52)24(32(46)60-38)44(28(50)22(42-36(40)58)18-12-7-5-8-13-18)20(48)16-11-17-21(49)45(29(51)23(43-37(41)59)19-14-9-6-10-15-19)25-31(53)47-27(35(56)57)39(3,4)61-33(25)47/h5-10,12-15,22-27,32-33H,11,16-17H2,1-4H3,(H,54,55)(H,56,57)(H3,40,42,58)(H3,41,43,59)/t22?,23?,24-,25-,26+,27+,32-,33-/m1/s1. The number of hydrogen-bond acceptors (Lipinski definition) is 12. The molecule has 6 rings (SSSR count). The van der Waals surface area contributed by atoms with E-state index in [1.165, 1.54) is 24.3 Å². The van der Waals surface area contributed by atoms with Gasteiger partial charge >= 0.3 is 24.0 Å². The molecule has 2 unspecified atom stereocenters. The fourth-order valence-electron chi connectivity index (χ4n) is 8.35. The number of fused-ring (bicyclic) bond motifs is 2. The second kappa shape index (κ2) is 16.7. The summed E-state index contributed by atoms with van der Waals surface area (Å²) in [5.74, 6) is -8.37. The summed E-state index contributed by atoms with van der Waals surface area (Å²) in [5, 5.41) is 22.6. The molecule has 20 nitrogen and oxygen atoms in total. The number of nitrogens with two attached hydrogens (primary N) is 2. The number of carbonyl (C=O) groups is 10. The van der Waals surface area contributed by atoms with Crippen molar-refractivity contribution in [3.05, 3.63) is 71.8 Å². The third-order valence-electron chi connectivity index (χ3n) is 11.0. The topological polar surface area (TPSA) is 300 Å². The molecule has 0 aromatic heterocycles. The van der Waals surface area contributed by atoms with Crippen molar-refractivity contribution in [3.8, 4) is 0 Å². The number of β-lactam (4-membered cyclic amide) rings is 2. The Labute approximate surface area is 357 Å². The van der Waals surface area contributed by atoms with Crippen molar-refractivity contribution in [2.24, 2.45) is 11.5 Å². The van der Waals surface area contributed by atoms with Crippen molar-refractivity contribution in [1.82, 2.24) is 30.2 Å². The van der Waals surface area contributed by atoms with Crippen LogP contribution in [-0.2, 0) is 38.4 Å². The highest BCUT2D eigenvalue weighted by Crippen LogP contribution is 2.54. The summed E-state index contributed by atoms with van der Waals surface area (Å²) in [6.45, 7) is 6.42. The number of aliphatic carboxylic acids is 2. The monoisotopic (exact) mass is 880 g/mol. The van der Waals surface area contributed by atoms with Gasteiger partial charge in [0.2, 0.25) is 11.8 Å². The number of carbonyl (C=O) groups excluding carboxylic acids is 8. The molecule has 4 fully saturated rings. The molecule has 2 aromatic rings. The maximum absolute atomic E-state index is 14.5. The van der Waals surface area contributed by atoms with Crippen LogP contribution in [0.25, 0.3) is 0 Å². The van der Waals surface area contributed by atoms with Gasteiger partial charge in [-0.15, -0.1) is 23.5 Å². The molecule has 0 spiro atoms. The maximum atomic E-state index is 14.5. The Bertz CT molecular complexity index is 2040. The van der Waals surface area contributed by atoms with Crippen LogP contribution < -0.4 is 22.1 Å². The number of hydrogen-bond donors (Lipinski definition) is 6. The van der Waals surface area contributed by atoms with Crippen molar-refractivity contribution in [2.75, 3.05) is 0 Å². The summed E-state index contributed by atoms with van der Waals surface area (Å²) >= 11 is 2.13. The van der Waals surface area contributed by atoms with Gasteiger partial charge in [-0.05, 0) is 45.2 Å². The lowest BCUT2D eigenvalue weighted by Crippen LogP contribution is -2.73. The van der Waals surface area contributed by atoms with E-state index < -0.39 is 129 Å². The molecule has 0 radical (unpaired) electrons. The Morgan fingerprint density at radius 2 is 0.967 bits per heavy atom. The average molecular weight is 881 g/mol. The second-order valence-corrected chi connectivity index (χ2v) is 19.4. The van der Waals surface area contributed by atoms with E-state index in [9.17, 15) is 58.2 Å². The zero-order valence-corrected chi connectivity index (χ0v) is 34.9. The smallest absolute Gasteiger partial charge is 0.327 e. The highest BCUT2D eigenvalue weighted by Gasteiger charge is 2.68. The van der Waals surface area contributed by atoms with E-state index in [0.717, 1.165) is 33.3 Å². The molecule has 0 aliphatic carbocycles. The molecular formula is C39H44N8O12S2. The Morgan fingerprint density at radius 1 is 0.639 bits per heavy atom. The molecule has 0 bridgehead atoms. The number of rotatable bonds is 14. The van der Waals surface area contributed by atoms with Gasteiger partial charge in [0.25, 0.3) is 23.6 Å². The Hall–Kier alpha value is -6.16. The molecule has 4 saturated heterocycles. The minimum Gasteiger partial charge on any atom is -0.480 e. The predicted octanol–water partition coefficient (Wildman–Crippen LogP) is 0.717. The van der Waals surface area contributed by atoms with Crippen LogP contribution in [0.5, 0.6) is 0 Å². The van der Waals surface area contributed by atoms with Crippen molar-refractivity contribution >= 4 is 83.0 Å². The number of amides is 10. The summed E-state index contributed by atoms with van der Waals surface area (Å²) in [4.78, 5) is 137. The average Bonchev–Trinajstić information content (AvgIpc) is 3.60. The normalized spacial score (nSPS) is 25.0. The van der Waals surface area contributed by atoms with Gasteiger partial charge in [0.05, 0.1) is 0 Å². The third kappa shape index (κ3) is 8.08. The lowest BCUT2D eigenvalue weighted by atomic mass is 9.93. The molecule has 324 valence electrons. The molecule has 4 aliphatic heterocycles. The molecule has 4 heterocycles. The van der Waals surface area contributed by atoms with Gasteiger partial charge in [-0.1, -0.05) is 60.7 Å². The highest BCUT2D eigenvalue weighted by molar-refractivity contribution is 8.02. The number of primary amides is 2. The predicted molar refractivity (Wildman–Crippen MR) is 216 cm³/mol. The zero-order chi connectivity index (χ0) is 44.9. The fraction of sp³-hybridized carbons (Fsp3) is 0.436. The first kappa shape index (κ1) is 44.4. The minimum atomic E-state index is -1.57. The zero-order valence-electron chi connectivity index (χ0n) is 33.3. The molecule has 10 amide bonds. The molecule has 8 atom stereocenters. The van der Waals surface area contributed by atoms with Crippen LogP contribution in [0.2, 0.25) is 0 Å². The summed E-state index contributed by atoms with van der Waals surface area (Å²) in [7, 11) is 0. The van der Waals surface area contributed by atoms with Gasteiger partial charge in [0.15, 0.2) is 0 Å². The molecule has 0 saturated carbocycles. The van der Waals surface area contributed by atoms with E-state index >= 15 is 0 Å². The number of carboxylic acids is 2. The number of imide groups is 2. The quantitative estimate of drug-likeness (QED) is 0.143. The van der Waals surface area contributed by atoms with Crippen LogP contribution in [-0.4, -0.2) is 134 Å². The molecule has 2 aromatic carbocycles. The number of nitrogens with zero attached hydrogens (tertiary/aromatic N) is 4. The van der Waals surface area contributed by atoms with Crippen LogP contribution in [0.3, 0.4) is 0 Å². The second-order valence-electron chi connectivity index (χ2n) is 15.8. The summed E-state index contributed by atoms with van der Waals surface area (Å²) in [6, 6.07) is 4.42. The lowest BCUT2D eigenvalue weighted by molar-refractivity contribution is -0.173. The molecule has 4 aliphatic rings. The number of thioether (sulfide) groups is 2. The molecular weight excluding hydrogens is 837 g/mol. The molecule has 8 N–H and O–H groups in total. The van der Waals surface area contributed by atoms with Gasteiger partial charge < -0.3 is 42.1 Å². The van der Waals surface area contributed by atoms with Crippen LogP contribution >= 0.6 is 23.5 Å². The number of carboxylic acid groups (broad SMARTS) is 2. The third-order valence-corrected chi connectivity index (χ3v) is 14.1. The number of benzene rings is 2. The number of urea groups is 2. The van der Waals surface area contributed by atoms with Gasteiger partial charge in [0.1, 0.15) is 47.0 Å². The first-order valence-electron chi connectivity index (χ1n) is 19.0. The SMILES string of the molecule is CC1(C)S[C@@H]2[C@H](N(C(=O)CCCC(=O)N(C(=O)C(NC(N)=O)c3ccccc3)[C@@H]3C(=O)N4[C@@H]3SC(C)(C)[C@@H]4C(=O)O)C(=O)C(NC(N)=O)c3ccccc3)C(=O)N2[C@H]1C(=O)O.